The number of allylic oxidation sites excluding steroid dienone is 2. The Labute approximate surface area is 437 Å². The smallest absolute Gasteiger partial charge is 0.306 e. The standard InChI is InChI=1S/C19H38O2.C18H36O.C12H26O.C8H18O.C7H16/c1-4-5-6-7-8-9-10-11-12-13-14-15-16-17-19(20)21-18(2)3;1-2-3-4-5-6-7-8-9-10-11-12-13-14-15-16-17-18-19;1-2-3-4-5-6-7-8-9-10-11-12-13;1-2-3-4-5-6-7-8-9;1-3-5-7-6-4-2/h18H,4-17H2,1-3H3;9-10,19H,2-8,11-18H2,1H3;13H,2-12H2,1H3;9H,2-8H2,1H3;3-7H2,1-2H3/b;10-9-;;;. The van der Waals surface area contributed by atoms with Crippen LogP contribution in [-0.4, -0.2) is 47.2 Å². The molecule has 0 unspecified atom stereocenters. The van der Waals surface area contributed by atoms with Crippen LogP contribution >= 0.6 is 0 Å². The Morgan fingerprint density at radius 2 is 0.493 bits per heavy atom. The number of carbonyl (C=O) groups is 1. The zero-order chi connectivity index (χ0) is 52.0. The first kappa shape index (κ1) is 77.0. The minimum absolute atomic E-state index is 0.0273. The minimum atomic E-state index is -0.0342. The summed E-state index contributed by atoms with van der Waals surface area (Å²) in [6, 6.07) is 0. The van der Waals surface area contributed by atoms with Crippen molar-refractivity contribution in [2.24, 2.45) is 0 Å². The van der Waals surface area contributed by atoms with Crippen molar-refractivity contribution in [3.63, 3.8) is 0 Å². The summed E-state index contributed by atoms with van der Waals surface area (Å²) in [5.41, 5.74) is 0. The zero-order valence-electron chi connectivity index (χ0n) is 49.2. The van der Waals surface area contributed by atoms with E-state index in [1.165, 1.54) is 283 Å². The second-order valence-corrected chi connectivity index (χ2v) is 20.7. The Kier molecular flexibility index (Phi) is 90.6. The fourth-order valence-electron chi connectivity index (χ4n) is 8.14. The largest absolute Gasteiger partial charge is 0.463 e. The van der Waals surface area contributed by atoms with E-state index in [2.05, 4.69) is 53.7 Å². The lowest BCUT2D eigenvalue weighted by Gasteiger charge is -2.07. The van der Waals surface area contributed by atoms with Crippen LogP contribution in [0, 0.1) is 0 Å². The number of carbonyl (C=O) groups excluding carboxylic acids is 1. The van der Waals surface area contributed by atoms with Crippen molar-refractivity contribution in [2.45, 2.75) is 376 Å². The van der Waals surface area contributed by atoms with Gasteiger partial charge in [0.05, 0.1) is 6.10 Å². The highest BCUT2D eigenvalue weighted by atomic mass is 16.5. The van der Waals surface area contributed by atoms with Crippen LogP contribution in [0.1, 0.15) is 370 Å². The van der Waals surface area contributed by atoms with E-state index in [4.69, 9.17) is 20.1 Å². The van der Waals surface area contributed by atoms with Crippen LogP contribution < -0.4 is 0 Å². The summed E-state index contributed by atoms with van der Waals surface area (Å²) in [7, 11) is 0. The maximum Gasteiger partial charge on any atom is 0.306 e. The molecule has 0 atom stereocenters. The number of hydrogen-bond acceptors (Lipinski definition) is 5. The fourth-order valence-corrected chi connectivity index (χ4v) is 8.14. The summed E-state index contributed by atoms with van der Waals surface area (Å²) < 4.78 is 5.12. The Morgan fingerprint density at radius 3 is 0.710 bits per heavy atom. The molecule has 0 fully saturated rings. The van der Waals surface area contributed by atoms with Gasteiger partial charge in [-0.15, -0.1) is 0 Å². The van der Waals surface area contributed by atoms with E-state index < -0.39 is 0 Å². The summed E-state index contributed by atoms with van der Waals surface area (Å²) in [5.74, 6) is -0.0342. The number of hydrogen-bond donors (Lipinski definition) is 3. The summed E-state index contributed by atoms with van der Waals surface area (Å²) in [4.78, 5) is 11.3. The van der Waals surface area contributed by atoms with E-state index in [9.17, 15) is 4.79 Å². The molecule has 0 saturated carbocycles. The van der Waals surface area contributed by atoms with Gasteiger partial charge in [-0.3, -0.25) is 4.79 Å². The first-order valence-corrected chi connectivity index (χ1v) is 31.5. The predicted molar refractivity (Wildman–Crippen MR) is 312 cm³/mol. The Morgan fingerprint density at radius 1 is 0.304 bits per heavy atom. The van der Waals surface area contributed by atoms with Crippen LogP contribution in [-0.2, 0) is 9.53 Å². The molecule has 0 aliphatic carbocycles. The average Bonchev–Trinajstić information content (AvgIpc) is 3.34. The highest BCUT2D eigenvalue weighted by Gasteiger charge is 2.04. The monoisotopic (exact) mass is 983 g/mol. The number of ether oxygens (including phenoxy) is 1. The minimum Gasteiger partial charge on any atom is -0.463 e. The zero-order valence-corrected chi connectivity index (χ0v) is 49.2. The lowest BCUT2D eigenvalue weighted by atomic mass is 10.0. The van der Waals surface area contributed by atoms with Gasteiger partial charge in [-0.1, -0.05) is 311 Å². The quantitative estimate of drug-likeness (QED) is 0.0321. The lowest BCUT2D eigenvalue weighted by Crippen LogP contribution is -2.10. The summed E-state index contributed by atoms with van der Waals surface area (Å²) >= 11 is 0. The first-order chi connectivity index (χ1) is 33.8. The molecule has 0 saturated heterocycles. The molecule has 5 heteroatoms. The third-order valence-corrected chi connectivity index (χ3v) is 12.8. The van der Waals surface area contributed by atoms with Gasteiger partial charge in [0.1, 0.15) is 0 Å². The van der Waals surface area contributed by atoms with Gasteiger partial charge >= 0.3 is 5.97 Å². The molecule has 420 valence electrons. The van der Waals surface area contributed by atoms with Gasteiger partial charge < -0.3 is 20.1 Å². The summed E-state index contributed by atoms with van der Waals surface area (Å²) in [6.07, 6.45) is 69.0. The predicted octanol–water partition coefficient (Wildman–Crippen LogP) is 21.7. The van der Waals surface area contributed by atoms with Crippen LogP contribution in [0.3, 0.4) is 0 Å². The third kappa shape index (κ3) is 97.2. The molecule has 0 aliphatic heterocycles. The highest BCUT2D eigenvalue weighted by Crippen LogP contribution is 2.15. The summed E-state index contributed by atoms with van der Waals surface area (Å²) in [5, 5.41) is 25.6. The SMILES string of the molecule is CCCCCCC.CCCCCCCC/C=C\CCCCCCCCO.CCCCCCCCCCCCCCCC(=O)OC(C)C.CCCCCCCCCCCCO.CCCCCCCCO. The van der Waals surface area contributed by atoms with E-state index in [1.54, 1.807) is 0 Å². The molecule has 0 aromatic heterocycles. The molecule has 0 radical (unpaired) electrons. The molecule has 0 aromatic carbocycles. The number of esters is 1. The van der Waals surface area contributed by atoms with Gasteiger partial charge in [-0.05, 0) is 65.2 Å². The van der Waals surface area contributed by atoms with Crippen LogP contribution in [0.4, 0.5) is 0 Å². The number of aliphatic hydroxyl groups excluding tert-OH is 3. The summed E-state index contributed by atoms with van der Waals surface area (Å²) in [6.45, 7) is 18.4. The molecule has 0 bridgehead atoms. The normalized spacial score (nSPS) is 10.8. The van der Waals surface area contributed by atoms with Gasteiger partial charge in [-0.25, -0.2) is 0 Å². The molecule has 0 heterocycles. The van der Waals surface area contributed by atoms with Gasteiger partial charge in [0.15, 0.2) is 0 Å². The second kappa shape index (κ2) is 81.2. The van der Waals surface area contributed by atoms with Crippen LogP contribution in [0.25, 0.3) is 0 Å². The average molecular weight is 984 g/mol. The van der Waals surface area contributed by atoms with Gasteiger partial charge in [0.2, 0.25) is 0 Å². The molecule has 3 N–H and O–H groups in total. The molecule has 0 aliphatic rings. The lowest BCUT2D eigenvalue weighted by molar-refractivity contribution is -0.147. The molecule has 0 amide bonds. The molecule has 5 nitrogen and oxygen atoms in total. The fraction of sp³-hybridized carbons (Fsp3) is 0.953. The Bertz CT molecular complexity index is 809. The van der Waals surface area contributed by atoms with E-state index >= 15 is 0 Å². The molecule has 0 rings (SSSR count). The van der Waals surface area contributed by atoms with Crippen molar-refractivity contribution in [3.8, 4) is 0 Å². The molecular weight excluding hydrogens is 849 g/mol. The Balaban J connectivity index is -0.000000260. The second-order valence-electron chi connectivity index (χ2n) is 20.7. The number of rotatable bonds is 50. The molecule has 0 aromatic rings. The number of unbranched alkanes of at least 4 members (excludes halogenated alkanes) is 42. The highest BCUT2D eigenvalue weighted by molar-refractivity contribution is 5.69. The van der Waals surface area contributed by atoms with E-state index in [1.807, 2.05) is 13.8 Å². The van der Waals surface area contributed by atoms with Crippen molar-refractivity contribution in [1.82, 2.24) is 0 Å². The molecular formula is C64H134O5. The molecule has 69 heavy (non-hydrogen) atoms. The van der Waals surface area contributed by atoms with Gasteiger partial charge in [-0.2, -0.15) is 0 Å². The van der Waals surface area contributed by atoms with E-state index in [0.29, 0.717) is 26.2 Å². The van der Waals surface area contributed by atoms with Crippen molar-refractivity contribution < 1.29 is 24.9 Å². The van der Waals surface area contributed by atoms with E-state index in [-0.39, 0.29) is 12.1 Å². The van der Waals surface area contributed by atoms with Crippen molar-refractivity contribution >= 4 is 5.97 Å². The van der Waals surface area contributed by atoms with Crippen LogP contribution in [0.15, 0.2) is 12.2 Å². The van der Waals surface area contributed by atoms with Crippen molar-refractivity contribution in [2.75, 3.05) is 19.8 Å². The molecule has 0 spiro atoms. The van der Waals surface area contributed by atoms with Gasteiger partial charge in [0, 0.05) is 26.2 Å². The van der Waals surface area contributed by atoms with Crippen LogP contribution in [0.2, 0.25) is 0 Å². The third-order valence-electron chi connectivity index (χ3n) is 12.8. The van der Waals surface area contributed by atoms with E-state index in [0.717, 1.165) is 25.7 Å². The maximum absolute atomic E-state index is 11.3. The number of aliphatic hydroxyl groups is 3. The van der Waals surface area contributed by atoms with Crippen molar-refractivity contribution in [1.29, 1.82) is 0 Å². The maximum atomic E-state index is 11.3. The topological polar surface area (TPSA) is 87.0 Å². The Hall–Kier alpha value is -0.910. The first-order valence-electron chi connectivity index (χ1n) is 31.5. The van der Waals surface area contributed by atoms with Crippen LogP contribution in [0.5, 0.6) is 0 Å². The van der Waals surface area contributed by atoms with Crippen molar-refractivity contribution in [3.05, 3.63) is 12.2 Å². The van der Waals surface area contributed by atoms with Gasteiger partial charge in [0.25, 0.3) is 0 Å².